The second-order valence-electron chi connectivity index (χ2n) is 6.99. The highest BCUT2D eigenvalue weighted by Gasteiger charge is 2.52. The summed E-state index contributed by atoms with van der Waals surface area (Å²) in [6.45, 7) is -0.00228. The number of aromatic nitrogens is 2. The average Bonchev–Trinajstić information content (AvgIpc) is 3.21. The first-order chi connectivity index (χ1) is 13.1. The molecule has 1 fully saturated rings. The Morgan fingerprint density at radius 2 is 2.00 bits per heavy atom. The van der Waals surface area contributed by atoms with Gasteiger partial charge < -0.3 is 5.32 Å². The number of fused-ring (bicyclic) bond motifs is 2. The van der Waals surface area contributed by atoms with E-state index >= 15 is 0 Å². The van der Waals surface area contributed by atoms with Gasteiger partial charge in [0.15, 0.2) is 4.96 Å². The van der Waals surface area contributed by atoms with Gasteiger partial charge in [-0.15, -0.1) is 11.3 Å². The molecule has 0 bridgehead atoms. The minimum Gasteiger partial charge on any atom is -0.323 e. The Labute approximate surface area is 158 Å². The number of hydrogen-bond acceptors (Lipinski definition) is 5. The fraction of sp³-hybridized carbons (Fsp3) is 0.263. The summed E-state index contributed by atoms with van der Waals surface area (Å²) in [5.74, 6) is -0.241. The molecule has 1 atom stereocenters. The van der Waals surface area contributed by atoms with Crippen LogP contribution in [-0.2, 0) is 24.2 Å². The Morgan fingerprint density at radius 3 is 2.85 bits per heavy atom. The zero-order valence-electron chi connectivity index (χ0n) is 14.3. The van der Waals surface area contributed by atoms with E-state index in [0.29, 0.717) is 23.5 Å². The van der Waals surface area contributed by atoms with Crippen molar-refractivity contribution in [2.75, 3.05) is 0 Å². The summed E-state index contributed by atoms with van der Waals surface area (Å²) < 4.78 is 1.44. The highest BCUT2D eigenvalue weighted by atomic mass is 32.1. The Balaban J connectivity index is 1.45. The van der Waals surface area contributed by atoms with Crippen LogP contribution in [0.4, 0.5) is 4.79 Å². The number of rotatable bonds is 2. The molecular formula is C19H16N4O3S. The van der Waals surface area contributed by atoms with Crippen LogP contribution in [0, 0.1) is 0 Å². The second kappa shape index (κ2) is 5.75. The van der Waals surface area contributed by atoms with Crippen molar-refractivity contribution in [1.29, 1.82) is 0 Å². The predicted octanol–water partition coefficient (Wildman–Crippen LogP) is 1.74. The number of carbonyl (C=O) groups excluding carboxylic acids is 2. The van der Waals surface area contributed by atoms with E-state index in [1.807, 2.05) is 18.2 Å². The van der Waals surface area contributed by atoms with Crippen LogP contribution in [0.5, 0.6) is 0 Å². The number of hydrogen-bond donors (Lipinski definition) is 1. The average molecular weight is 380 g/mol. The SMILES string of the molecule is O=C1NC2(CCc3ccccc3C2)C(=O)N1Cc1cc(=O)n2ccsc2n1. The molecule has 136 valence electrons. The summed E-state index contributed by atoms with van der Waals surface area (Å²) in [5, 5.41) is 4.68. The van der Waals surface area contributed by atoms with Crippen LogP contribution in [0.3, 0.4) is 0 Å². The molecule has 7 nitrogen and oxygen atoms in total. The number of carbonyl (C=O) groups is 2. The molecule has 8 heteroatoms. The Morgan fingerprint density at radius 1 is 1.19 bits per heavy atom. The molecule has 5 rings (SSSR count). The van der Waals surface area contributed by atoms with Crippen molar-refractivity contribution in [3.63, 3.8) is 0 Å². The fourth-order valence-electron chi connectivity index (χ4n) is 3.98. The van der Waals surface area contributed by atoms with E-state index in [0.717, 1.165) is 12.0 Å². The quantitative estimate of drug-likeness (QED) is 0.687. The van der Waals surface area contributed by atoms with Crippen LogP contribution >= 0.6 is 11.3 Å². The lowest BCUT2D eigenvalue weighted by Gasteiger charge is -2.32. The van der Waals surface area contributed by atoms with Gasteiger partial charge in [0.25, 0.3) is 11.5 Å². The third kappa shape index (κ3) is 2.48. The number of urea groups is 1. The molecule has 1 saturated heterocycles. The number of imide groups is 1. The predicted molar refractivity (Wildman–Crippen MR) is 99.6 cm³/mol. The van der Waals surface area contributed by atoms with Crippen molar-refractivity contribution in [2.24, 2.45) is 0 Å². The van der Waals surface area contributed by atoms with E-state index in [1.165, 1.54) is 32.3 Å². The normalized spacial score (nSPS) is 21.7. The van der Waals surface area contributed by atoms with Crippen molar-refractivity contribution < 1.29 is 9.59 Å². The van der Waals surface area contributed by atoms with Gasteiger partial charge in [-0.3, -0.25) is 18.9 Å². The Kier molecular flexibility index (Phi) is 3.45. The van der Waals surface area contributed by atoms with Crippen LogP contribution in [0.1, 0.15) is 23.2 Å². The molecule has 1 aliphatic heterocycles. The van der Waals surface area contributed by atoms with Gasteiger partial charge in [-0.1, -0.05) is 24.3 Å². The maximum absolute atomic E-state index is 13.1. The smallest absolute Gasteiger partial charge is 0.323 e. The van der Waals surface area contributed by atoms with Crippen LogP contribution < -0.4 is 10.9 Å². The molecule has 27 heavy (non-hydrogen) atoms. The van der Waals surface area contributed by atoms with Crippen LogP contribution in [0.2, 0.25) is 0 Å². The fourth-order valence-corrected chi connectivity index (χ4v) is 4.71. The molecule has 1 spiro atoms. The number of benzene rings is 1. The summed E-state index contributed by atoms with van der Waals surface area (Å²) in [7, 11) is 0. The van der Waals surface area contributed by atoms with Gasteiger partial charge >= 0.3 is 6.03 Å². The van der Waals surface area contributed by atoms with E-state index in [2.05, 4.69) is 16.4 Å². The third-order valence-electron chi connectivity index (χ3n) is 5.35. The highest BCUT2D eigenvalue weighted by molar-refractivity contribution is 7.15. The van der Waals surface area contributed by atoms with Crippen molar-refractivity contribution in [3.05, 3.63) is 69.1 Å². The minimum atomic E-state index is -0.895. The maximum Gasteiger partial charge on any atom is 0.325 e. The lowest BCUT2D eigenvalue weighted by atomic mass is 9.78. The van der Waals surface area contributed by atoms with Crippen LogP contribution in [-0.4, -0.2) is 31.8 Å². The van der Waals surface area contributed by atoms with Gasteiger partial charge in [0.1, 0.15) is 5.54 Å². The van der Waals surface area contributed by atoms with Crippen LogP contribution in [0.25, 0.3) is 4.96 Å². The zero-order chi connectivity index (χ0) is 18.6. The second-order valence-corrected chi connectivity index (χ2v) is 7.86. The molecule has 2 aliphatic rings. The molecule has 1 unspecified atom stereocenters. The number of amides is 3. The topological polar surface area (TPSA) is 83.8 Å². The molecule has 3 aromatic rings. The first-order valence-corrected chi connectivity index (χ1v) is 9.60. The van der Waals surface area contributed by atoms with Gasteiger partial charge in [0, 0.05) is 24.1 Å². The number of nitrogens with zero attached hydrogens (tertiary/aromatic N) is 3. The molecule has 0 saturated carbocycles. The third-order valence-corrected chi connectivity index (χ3v) is 6.11. The van der Waals surface area contributed by atoms with Gasteiger partial charge in [0.05, 0.1) is 12.2 Å². The molecule has 0 radical (unpaired) electrons. The molecule has 2 aromatic heterocycles. The Hall–Kier alpha value is -3.00. The lowest BCUT2D eigenvalue weighted by molar-refractivity contribution is -0.132. The van der Waals surface area contributed by atoms with Gasteiger partial charge in [-0.2, -0.15) is 0 Å². The standard InChI is InChI=1S/C19H16N4O3S/c24-15-9-14(20-18-22(15)7-8-27-18)11-23-16(25)19(21-17(23)26)6-5-12-3-1-2-4-13(12)10-19/h1-4,7-9H,5-6,10-11H2,(H,21,26). The first-order valence-electron chi connectivity index (χ1n) is 8.72. The summed E-state index contributed by atoms with van der Waals surface area (Å²) in [4.78, 5) is 44.0. The lowest BCUT2D eigenvalue weighted by Crippen LogP contribution is -2.51. The van der Waals surface area contributed by atoms with E-state index < -0.39 is 11.6 Å². The summed E-state index contributed by atoms with van der Waals surface area (Å²) in [5.41, 5.74) is 1.62. The molecule has 1 N–H and O–H groups in total. The van der Waals surface area contributed by atoms with Gasteiger partial charge in [-0.05, 0) is 24.0 Å². The Bertz CT molecular complexity index is 1150. The van der Waals surface area contributed by atoms with E-state index in [4.69, 9.17) is 0 Å². The molecule has 1 aliphatic carbocycles. The summed E-state index contributed by atoms with van der Waals surface area (Å²) in [6, 6.07) is 8.96. The minimum absolute atomic E-state index is 0.00228. The van der Waals surface area contributed by atoms with Crippen molar-refractivity contribution in [2.45, 2.75) is 31.3 Å². The first kappa shape index (κ1) is 16.2. The van der Waals surface area contributed by atoms with Crippen molar-refractivity contribution in [1.82, 2.24) is 19.6 Å². The zero-order valence-corrected chi connectivity index (χ0v) is 15.2. The highest BCUT2D eigenvalue weighted by Crippen LogP contribution is 2.34. The number of nitrogens with one attached hydrogen (secondary N) is 1. The monoisotopic (exact) mass is 380 g/mol. The van der Waals surface area contributed by atoms with E-state index in [9.17, 15) is 14.4 Å². The van der Waals surface area contributed by atoms with Crippen molar-refractivity contribution >= 4 is 28.2 Å². The van der Waals surface area contributed by atoms with E-state index in [-0.39, 0.29) is 18.0 Å². The molecule has 3 heterocycles. The van der Waals surface area contributed by atoms with Crippen molar-refractivity contribution in [3.8, 4) is 0 Å². The summed E-state index contributed by atoms with van der Waals surface area (Å²) >= 11 is 1.34. The summed E-state index contributed by atoms with van der Waals surface area (Å²) in [6.07, 6.45) is 3.47. The molecule has 3 amide bonds. The number of aryl methyl sites for hydroxylation is 1. The molecule has 1 aromatic carbocycles. The van der Waals surface area contributed by atoms with E-state index in [1.54, 1.807) is 11.6 Å². The number of thiazole rings is 1. The van der Waals surface area contributed by atoms with Gasteiger partial charge in [-0.25, -0.2) is 9.78 Å². The maximum atomic E-state index is 13.1. The van der Waals surface area contributed by atoms with Crippen LogP contribution in [0.15, 0.2) is 46.7 Å². The molecular weight excluding hydrogens is 364 g/mol. The van der Waals surface area contributed by atoms with Gasteiger partial charge in [0.2, 0.25) is 0 Å². The largest absolute Gasteiger partial charge is 0.325 e.